The zero-order chi connectivity index (χ0) is 14.8. The van der Waals surface area contributed by atoms with Crippen molar-refractivity contribution in [2.24, 2.45) is 0 Å². The van der Waals surface area contributed by atoms with Gasteiger partial charge in [-0.1, -0.05) is 20.8 Å². The van der Waals surface area contributed by atoms with Crippen LogP contribution in [-0.4, -0.2) is 23.6 Å². The molecule has 1 aromatic rings. The van der Waals surface area contributed by atoms with Gasteiger partial charge >= 0.3 is 0 Å². The van der Waals surface area contributed by atoms with Gasteiger partial charge in [0.2, 0.25) is 0 Å². The van der Waals surface area contributed by atoms with Crippen LogP contribution in [0.5, 0.6) is 0 Å². The Labute approximate surface area is 133 Å². The summed E-state index contributed by atoms with van der Waals surface area (Å²) in [7, 11) is 0. The normalized spacial score (nSPS) is 23.8. The van der Waals surface area contributed by atoms with Gasteiger partial charge in [0.1, 0.15) is 0 Å². The second-order valence-corrected chi connectivity index (χ2v) is 7.73. The number of hydrogen-bond acceptors (Lipinski definition) is 4. The molecule has 1 saturated carbocycles. The Morgan fingerprint density at radius 2 is 2.14 bits per heavy atom. The lowest BCUT2D eigenvalue weighted by molar-refractivity contribution is 0.638. The molecular formula is C17H29N3S. The Hall–Kier alpha value is -0.610. The summed E-state index contributed by atoms with van der Waals surface area (Å²) in [5, 5.41) is 4.95. The van der Waals surface area contributed by atoms with Gasteiger partial charge in [-0.15, -0.1) is 11.3 Å². The maximum absolute atomic E-state index is 5.06. The highest BCUT2D eigenvalue weighted by Crippen LogP contribution is 2.36. The second-order valence-electron chi connectivity index (χ2n) is 6.67. The molecule has 2 aliphatic rings. The molecule has 4 heteroatoms. The Kier molecular flexibility index (Phi) is 4.85. The quantitative estimate of drug-likeness (QED) is 0.814. The van der Waals surface area contributed by atoms with Gasteiger partial charge in [0, 0.05) is 30.1 Å². The molecule has 1 aliphatic heterocycles. The summed E-state index contributed by atoms with van der Waals surface area (Å²) in [6.07, 6.45) is 7.80. The van der Waals surface area contributed by atoms with Crippen LogP contribution in [0.2, 0.25) is 0 Å². The fourth-order valence-corrected chi connectivity index (χ4v) is 4.44. The van der Waals surface area contributed by atoms with Gasteiger partial charge in [-0.25, -0.2) is 4.98 Å². The molecule has 0 amide bonds. The first-order valence-corrected chi connectivity index (χ1v) is 9.54. The molecule has 0 radical (unpaired) electrons. The first-order chi connectivity index (χ1) is 10.2. The van der Waals surface area contributed by atoms with E-state index < -0.39 is 0 Å². The number of anilines is 1. The summed E-state index contributed by atoms with van der Waals surface area (Å²) < 4.78 is 0. The summed E-state index contributed by atoms with van der Waals surface area (Å²) in [6.45, 7) is 9.11. The molecule has 118 valence electrons. The van der Waals surface area contributed by atoms with E-state index in [1.165, 1.54) is 60.8 Å². The predicted octanol–water partition coefficient (Wildman–Crippen LogP) is 4.29. The molecule has 1 aromatic heterocycles. The molecule has 1 N–H and O–H groups in total. The number of rotatable bonds is 7. The third-order valence-electron chi connectivity index (χ3n) is 5.02. The number of hydrogen-bond donors (Lipinski definition) is 1. The minimum atomic E-state index is 0.577. The summed E-state index contributed by atoms with van der Waals surface area (Å²) in [5.74, 6) is 0.577. The van der Waals surface area contributed by atoms with Crippen molar-refractivity contribution in [3.63, 3.8) is 0 Å². The van der Waals surface area contributed by atoms with Gasteiger partial charge in [-0.2, -0.15) is 0 Å². The molecule has 2 unspecified atom stereocenters. The summed E-state index contributed by atoms with van der Waals surface area (Å²) in [5.41, 5.74) is 1.35. The summed E-state index contributed by atoms with van der Waals surface area (Å²) >= 11 is 1.94. The highest BCUT2D eigenvalue weighted by Gasteiger charge is 2.28. The van der Waals surface area contributed by atoms with Gasteiger partial charge in [0.15, 0.2) is 5.13 Å². The molecule has 21 heavy (non-hydrogen) atoms. The van der Waals surface area contributed by atoms with Crippen LogP contribution in [0, 0.1) is 0 Å². The van der Waals surface area contributed by atoms with Crippen molar-refractivity contribution in [1.29, 1.82) is 0 Å². The van der Waals surface area contributed by atoms with E-state index in [2.05, 4.69) is 31.0 Å². The third kappa shape index (κ3) is 3.42. The molecule has 0 spiro atoms. The van der Waals surface area contributed by atoms with E-state index >= 15 is 0 Å². The average molecular weight is 308 g/mol. The highest BCUT2D eigenvalue weighted by molar-refractivity contribution is 7.15. The predicted molar refractivity (Wildman–Crippen MR) is 91.3 cm³/mol. The molecule has 2 atom stereocenters. The van der Waals surface area contributed by atoms with Crippen LogP contribution in [0.1, 0.15) is 75.8 Å². The monoisotopic (exact) mass is 307 g/mol. The maximum atomic E-state index is 5.06. The van der Waals surface area contributed by atoms with Gasteiger partial charge in [-0.05, 0) is 44.4 Å². The van der Waals surface area contributed by atoms with Crippen LogP contribution in [-0.2, 0) is 6.54 Å². The Morgan fingerprint density at radius 3 is 2.81 bits per heavy atom. The van der Waals surface area contributed by atoms with Crippen molar-refractivity contribution in [2.45, 2.75) is 83.8 Å². The molecule has 0 aromatic carbocycles. The number of aromatic nitrogens is 1. The van der Waals surface area contributed by atoms with Gasteiger partial charge in [0.25, 0.3) is 0 Å². The highest BCUT2D eigenvalue weighted by atomic mass is 32.1. The smallest absolute Gasteiger partial charge is 0.186 e. The van der Waals surface area contributed by atoms with Crippen LogP contribution in [0.15, 0.2) is 0 Å². The average Bonchev–Trinajstić information content (AvgIpc) is 3.05. The molecular weight excluding hydrogens is 278 g/mol. The lowest BCUT2D eigenvalue weighted by Gasteiger charge is -2.22. The SMILES string of the molecule is CCC(C)c1nc(N2CCCC2CC)sc1CNC1CC1. The molecule has 2 fully saturated rings. The van der Waals surface area contributed by atoms with Gasteiger partial charge < -0.3 is 10.2 Å². The maximum Gasteiger partial charge on any atom is 0.186 e. The van der Waals surface area contributed by atoms with Gasteiger partial charge in [0.05, 0.1) is 5.69 Å². The molecule has 3 nitrogen and oxygen atoms in total. The summed E-state index contributed by atoms with van der Waals surface area (Å²) in [4.78, 5) is 9.11. The van der Waals surface area contributed by atoms with Crippen LogP contribution in [0.25, 0.3) is 0 Å². The Morgan fingerprint density at radius 1 is 1.33 bits per heavy atom. The van der Waals surface area contributed by atoms with E-state index in [0.717, 1.165) is 12.6 Å². The van der Waals surface area contributed by atoms with Gasteiger partial charge in [-0.3, -0.25) is 0 Å². The number of nitrogens with one attached hydrogen (secondary N) is 1. The molecule has 3 rings (SSSR count). The third-order valence-corrected chi connectivity index (χ3v) is 6.13. The second kappa shape index (κ2) is 6.66. The van der Waals surface area contributed by atoms with E-state index in [1.54, 1.807) is 0 Å². The topological polar surface area (TPSA) is 28.2 Å². The zero-order valence-corrected chi connectivity index (χ0v) is 14.5. The van der Waals surface area contributed by atoms with E-state index in [1.807, 2.05) is 11.3 Å². The molecule has 1 saturated heterocycles. The molecule has 2 heterocycles. The summed E-state index contributed by atoms with van der Waals surface area (Å²) in [6, 6.07) is 1.49. The van der Waals surface area contributed by atoms with Crippen molar-refractivity contribution in [2.75, 3.05) is 11.4 Å². The van der Waals surface area contributed by atoms with Crippen molar-refractivity contribution in [3.8, 4) is 0 Å². The Balaban J connectivity index is 1.79. The van der Waals surface area contributed by atoms with E-state index in [4.69, 9.17) is 4.98 Å². The van der Waals surface area contributed by atoms with E-state index in [0.29, 0.717) is 12.0 Å². The van der Waals surface area contributed by atoms with E-state index in [9.17, 15) is 0 Å². The standard InChI is InChI=1S/C17H29N3S/c1-4-12(3)16-15(11-18-13-8-9-13)21-17(19-16)20-10-6-7-14(20)5-2/h12-14,18H,4-11H2,1-3H3. The molecule has 1 aliphatic carbocycles. The Bertz CT molecular complexity index is 467. The van der Waals surface area contributed by atoms with Crippen LogP contribution >= 0.6 is 11.3 Å². The van der Waals surface area contributed by atoms with Crippen LogP contribution < -0.4 is 10.2 Å². The lowest BCUT2D eigenvalue weighted by atomic mass is 10.0. The van der Waals surface area contributed by atoms with Crippen LogP contribution in [0.4, 0.5) is 5.13 Å². The van der Waals surface area contributed by atoms with Crippen molar-refractivity contribution >= 4 is 16.5 Å². The van der Waals surface area contributed by atoms with Crippen LogP contribution in [0.3, 0.4) is 0 Å². The van der Waals surface area contributed by atoms with Crippen molar-refractivity contribution in [3.05, 3.63) is 10.6 Å². The first kappa shape index (κ1) is 15.3. The zero-order valence-electron chi connectivity index (χ0n) is 13.7. The fourth-order valence-electron chi connectivity index (χ4n) is 3.22. The lowest BCUT2D eigenvalue weighted by Crippen LogP contribution is -2.28. The number of nitrogens with zero attached hydrogens (tertiary/aromatic N) is 2. The minimum absolute atomic E-state index is 0.577. The van der Waals surface area contributed by atoms with Crippen molar-refractivity contribution < 1.29 is 0 Å². The van der Waals surface area contributed by atoms with E-state index in [-0.39, 0.29) is 0 Å². The largest absolute Gasteiger partial charge is 0.345 e. The first-order valence-electron chi connectivity index (χ1n) is 8.72. The minimum Gasteiger partial charge on any atom is -0.345 e. The molecule has 0 bridgehead atoms. The van der Waals surface area contributed by atoms with Crippen molar-refractivity contribution in [1.82, 2.24) is 10.3 Å². The fraction of sp³-hybridized carbons (Fsp3) is 0.824. The number of thiazole rings is 1.